The van der Waals surface area contributed by atoms with E-state index in [1.807, 2.05) is 18.2 Å². The molecule has 2 aliphatic rings. The summed E-state index contributed by atoms with van der Waals surface area (Å²) in [5, 5.41) is 13.6. The van der Waals surface area contributed by atoms with Gasteiger partial charge in [-0.25, -0.2) is 0 Å². The molecule has 1 atom stereocenters. The van der Waals surface area contributed by atoms with Crippen molar-refractivity contribution in [3.8, 4) is 17.2 Å². The minimum absolute atomic E-state index is 0.277. The molecule has 0 bridgehead atoms. The van der Waals surface area contributed by atoms with Gasteiger partial charge in [-0.2, -0.15) is 0 Å². The summed E-state index contributed by atoms with van der Waals surface area (Å²) in [4.78, 5) is 0. The van der Waals surface area contributed by atoms with Gasteiger partial charge >= 0.3 is 0 Å². The molecule has 0 fully saturated rings. The van der Waals surface area contributed by atoms with Crippen LogP contribution in [0.2, 0.25) is 0 Å². The van der Waals surface area contributed by atoms with Crippen molar-refractivity contribution in [2.45, 2.75) is 31.8 Å². The zero-order valence-electron chi connectivity index (χ0n) is 13.0. The molecule has 0 saturated heterocycles. The lowest BCUT2D eigenvalue weighted by molar-refractivity contribution is 0.295. The number of aromatic hydroxyl groups is 1. The zero-order valence-corrected chi connectivity index (χ0v) is 13.0. The largest absolute Gasteiger partial charge is 0.508 e. The highest BCUT2D eigenvalue weighted by molar-refractivity contribution is 5.47. The number of phenolic OH excluding ortho intramolecular Hbond substituents is 1. The molecule has 4 nitrogen and oxygen atoms in total. The molecule has 0 radical (unpaired) electrons. The van der Waals surface area contributed by atoms with Gasteiger partial charge in [0.05, 0.1) is 13.2 Å². The van der Waals surface area contributed by atoms with E-state index in [0.29, 0.717) is 19.0 Å². The predicted octanol–water partition coefficient (Wildman–Crippen LogP) is 3.33. The Balaban J connectivity index is 1.52. The molecule has 0 spiro atoms. The van der Waals surface area contributed by atoms with Gasteiger partial charge in [-0.1, -0.05) is 24.3 Å². The molecule has 2 aromatic carbocycles. The van der Waals surface area contributed by atoms with Gasteiger partial charge in [-0.05, 0) is 36.1 Å². The maximum Gasteiger partial charge on any atom is 0.165 e. The molecule has 1 aliphatic heterocycles. The molecular formula is C19H21NO3. The number of ether oxygens (including phenoxy) is 2. The Morgan fingerprint density at radius 3 is 2.91 bits per heavy atom. The molecule has 0 aromatic heterocycles. The van der Waals surface area contributed by atoms with Gasteiger partial charge in [0.2, 0.25) is 0 Å². The highest BCUT2D eigenvalue weighted by atomic mass is 16.5. The second kappa shape index (κ2) is 6.13. The molecule has 1 aliphatic carbocycles. The van der Waals surface area contributed by atoms with Crippen molar-refractivity contribution in [2.75, 3.05) is 13.2 Å². The summed E-state index contributed by atoms with van der Waals surface area (Å²) >= 11 is 0. The van der Waals surface area contributed by atoms with Gasteiger partial charge in [0, 0.05) is 24.6 Å². The number of benzene rings is 2. The fraction of sp³-hybridized carbons (Fsp3) is 0.368. The van der Waals surface area contributed by atoms with E-state index in [2.05, 4.69) is 17.4 Å². The number of hydrogen-bond acceptors (Lipinski definition) is 4. The highest BCUT2D eigenvalue weighted by Crippen LogP contribution is 2.37. The van der Waals surface area contributed by atoms with Crippen molar-refractivity contribution >= 4 is 0 Å². The number of hydrogen-bond donors (Lipinski definition) is 2. The third-order valence-electron chi connectivity index (χ3n) is 4.64. The number of phenols is 1. The molecule has 0 amide bonds. The Morgan fingerprint density at radius 1 is 1.09 bits per heavy atom. The van der Waals surface area contributed by atoms with Gasteiger partial charge in [-0.3, -0.25) is 0 Å². The summed E-state index contributed by atoms with van der Waals surface area (Å²) in [6.07, 6.45) is 2.85. The fourth-order valence-electron chi connectivity index (χ4n) is 3.47. The Labute approximate surface area is 136 Å². The molecular weight excluding hydrogens is 290 g/mol. The summed E-state index contributed by atoms with van der Waals surface area (Å²) in [7, 11) is 0. The molecule has 2 N–H and O–H groups in total. The Hall–Kier alpha value is -2.20. The van der Waals surface area contributed by atoms with Crippen LogP contribution in [-0.2, 0) is 13.0 Å². The fourth-order valence-corrected chi connectivity index (χ4v) is 3.47. The number of para-hydroxylation sites is 1. The van der Waals surface area contributed by atoms with Crippen LogP contribution in [-0.4, -0.2) is 18.3 Å². The molecule has 120 valence electrons. The normalized spacial score (nSPS) is 19.2. The van der Waals surface area contributed by atoms with E-state index in [4.69, 9.17) is 9.47 Å². The van der Waals surface area contributed by atoms with E-state index in [9.17, 15) is 5.11 Å². The van der Waals surface area contributed by atoms with Crippen molar-refractivity contribution in [1.29, 1.82) is 0 Å². The molecule has 1 heterocycles. The molecule has 1 unspecified atom stereocenters. The first-order valence-corrected chi connectivity index (χ1v) is 8.24. The van der Waals surface area contributed by atoms with Crippen molar-refractivity contribution in [3.05, 3.63) is 53.1 Å². The first-order valence-electron chi connectivity index (χ1n) is 8.24. The average molecular weight is 311 g/mol. The Kier molecular flexibility index (Phi) is 3.83. The summed E-state index contributed by atoms with van der Waals surface area (Å²) in [6.45, 7) is 2.13. The first kappa shape index (κ1) is 14.4. The standard InChI is InChI=1S/C19H21NO3/c21-17-6-2-5-14-15(17)8-9-16(14)20-12-13-4-1-7-18-19(13)23-11-3-10-22-18/h1-2,4-7,16,20-21H,3,8-12H2. The summed E-state index contributed by atoms with van der Waals surface area (Å²) in [6, 6.07) is 12.1. The predicted molar refractivity (Wildman–Crippen MR) is 88.1 cm³/mol. The Morgan fingerprint density at radius 2 is 1.96 bits per heavy atom. The maximum absolute atomic E-state index is 9.96. The van der Waals surface area contributed by atoms with Crippen LogP contribution in [0.5, 0.6) is 17.2 Å². The third-order valence-corrected chi connectivity index (χ3v) is 4.64. The third kappa shape index (κ3) is 2.75. The van der Waals surface area contributed by atoms with Crippen LogP contribution < -0.4 is 14.8 Å². The summed E-state index contributed by atoms with van der Waals surface area (Å²) < 4.78 is 11.6. The van der Waals surface area contributed by atoms with Crippen LogP contribution in [0, 0.1) is 0 Å². The number of nitrogens with one attached hydrogen (secondary N) is 1. The number of rotatable bonds is 3. The van der Waals surface area contributed by atoms with Gasteiger partial charge in [0.15, 0.2) is 11.5 Å². The maximum atomic E-state index is 9.96. The lowest BCUT2D eigenvalue weighted by Crippen LogP contribution is -2.19. The van der Waals surface area contributed by atoms with Crippen molar-refractivity contribution in [1.82, 2.24) is 5.32 Å². The highest BCUT2D eigenvalue weighted by Gasteiger charge is 2.24. The van der Waals surface area contributed by atoms with Crippen LogP contribution in [0.3, 0.4) is 0 Å². The Bertz CT molecular complexity index is 714. The van der Waals surface area contributed by atoms with Gasteiger partial charge in [0.1, 0.15) is 5.75 Å². The van der Waals surface area contributed by atoms with Crippen LogP contribution in [0.1, 0.15) is 35.6 Å². The van der Waals surface area contributed by atoms with Crippen LogP contribution in [0.15, 0.2) is 36.4 Å². The molecule has 23 heavy (non-hydrogen) atoms. The van der Waals surface area contributed by atoms with E-state index >= 15 is 0 Å². The second-order valence-corrected chi connectivity index (χ2v) is 6.11. The smallest absolute Gasteiger partial charge is 0.165 e. The van der Waals surface area contributed by atoms with Crippen LogP contribution >= 0.6 is 0 Å². The quantitative estimate of drug-likeness (QED) is 0.913. The van der Waals surface area contributed by atoms with Gasteiger partial charge in [0.25, 0.3) is 0 Å². The van der Waals surface area contributed by atoms with E-state index in [1.165, 1.54) is 5.56 Å². The minimum atomic E-state index is 0.277. The minimum Gasteiger partial charge on any atom is -0.508 e. The van der Waals surface area contributed by atoms with E-state index in [0.717, 1.165) is 48.4 Å². The lowest BCUT2D eigenvalue weighted by atomic mass is 10.1. The van der Waals surface area contributed by atoms with Crippen molar-refractivity contribution in [2.24, 2.45) is 0 Å². The second-order valence-electron chi connectivity index (χ2n) is 6.11. The average Bonchev–Trinajstić information content (AvgIpc) is 2.83. The van der Waals surface area contributed by atoms with Gasteiger partial charge < -0.3 is 19.9 Å². The zero-order chi connectivity index (χ0) is 15.6. The molecule has 0 saturated carbocycles. The topological polar surface area (TPSA) is 50.7 Å². The molecule has 4 heteroatoms. The summed E-state index contributed by atoms with van der Waals surface area (Å²) in [5.41, 5.74) is 3.42. The van der Waals surface area contributed by atoms with E-state index < -0.39 is 0 Å². The first-order chi connectivity index (χ1) is 11.3. The molecule has 2 aromatic rings. The number of fused-ring (bicyclic) bond motifs is 2. The SMILES string of the molecule is Oc1cccc2c1CCC2NCc1cccc2c1OCCCO2. The monoisotopic (exact) mass is 311 g/mol. The van der Waals surface area contributed by atoms with Crippen molar-refractivity contribution < 1.29 is 14.6 Å². The van der Waals surface area contributed by atoms with Crippen LogP contribution in [0.25, 0.3) is 0 Å². The lowest BCUT2D eigenvalue weighted by Gasteiger charge is -2.17. The summed E-state index contributed by atoms with van der Waals surface area (Å²) in [5.74, 6) is 2.12. The van der Waals surface area contributed by atoms with Crippen molar-refractivity contribution in [3.63, 3.8) is 0 Å². The van der Waals surface area contributed by atoms with E-state index in [1.54, 1.807) is 6.07 Å². The van der Waals surface area contributed by atoms with E-state index in [-0.39, 0.29) is 6.04 Å². The van der Waals surface area contributed by atoms with Crippen LogP contribution in [0.4, 0.5) is 0 Å². The van der Waals surface area contributed by atoms with Gasteiger partial charge in [-0.15, -0.1) is 0 Å². The molecule has 4 rings (SSSR count).